The zero-order valence-electron chi connectivity index (χ0n) is 11.7. The fourth-order valence-corrected chi connectivity index (χ4v) is 2.35. The van der Waals surface area contributed by atoms with Crippen LogP contribution in [-0.2, 0) is 7.05 Å². The van der Waals surface area contributed by atoms with E-state index < -0.39 is 5.82 Å². The quantitative estimate of drug-likeness (QED) is 0.910. The van der Waals surface area contributed by atoms with Gasteiger partial charge in [-0.05, 0) is 32.9 Å². The molecule has 1 aromatic carbocycles. The highest BCUT2D eigenvalue weighted by Crippen LogP contribution is 2.26. The van der Waals surface area contributed by atoms with Gasteiger partial charge in [0.2, 0.25) is 0 Å². The molecule has 1 heterocycles. The van der Waals surface area contributed by atoms with Gasteiger partial charge in [0.1, 0.15) is 0 Å². The van der Waals surface area contributed by atoms with Gasteiger partial charge < -0.3 is 5.32 Å². The third-order valence-corrected chi connectivity index (χ3v) is 4.16. The summed E-state index contributed by atoms with van der Waals surface area (Å²) >= 11 is 3.25. The maximum absolute atomic E-state index is 14.1. The zero-order chi connectivity index (χ0) is 15.0. The van der Waals surface area contributed by atoms with Crippen LogP contribution in [0.15, 0.2) is 16.6 Å². The predicted octanol–water partition coefficient (Wildman–Crippen LogP) is 3.50. The van der Waals surface area contributed by atoms with Crippen molar-refractivity contribution in [1.29, 1.82) is 0 Å². The molecule has 106 valence electrons. The van der Waals surface area contributed by atoms with E-state index in [-0.39, 0.29) is 11.6 Å². The number of aromatic nitrogens is 2. The van der Waals surface area contributed by atoms with E-state index in [4.69, 9.17) is 0 Å². The summed E-state index contributed by atoms with van der Waals surface area (Å²) < 4.78 is 16.4. The van der Waals surface area contributed by atoms with Crippen LogP contribution >= 0.6 is 15.9 Å². The molecule has 0 unspecified atom stereocenters. The van der Waals surface area contributed by atoms with Crippen molar-refractivity contribution in [3.8, 4) is 0 Å². The third-order valence-electron chi connectivity index (χ3n) is 3.30. The molecule has 1 aromatic heterocycles. The second-order valence-electron chi connectivity index (χ2n) is 4.66. The molecule has 0 fully saturated rings. The summed E-state index contributed by atoms with van der Waals surface area (Å²) in [5.74, 6) is -0.791. The minimum atomic E-state index is -0.438. The Balaban J connectivity index is 2.35. The van der Waals surface area contributed by atoms with Crippen molar-refractivity contribution in [2.24, 2.45) is 7.05 Å². The number of carbonyl (C=O) groups excluding carboxylic acids is 1. The van der Waals surface area contributed by atoms with Crippen LogP contribution < -0.4 is 5.32 Å². The molecule has 6 heteroatoms. The Bertz CT molecular complexity index is 694. The topological polar surface area (TPSA) is 46.9 Å². The average molecular weight is 340 g/mol. The van der Waals surface area contributed by atoms with E-state index >= 15 is 0 Å². The number of carbonyl (C=O) groups is 1. The first-order valence-corrected chi connectivity index (χ1v) is 6.88. The number of benzene rings is 1. The first-order valence-electron chi connectivity index (χ1n) is 6.09. The van der Waals surface area contributed by atoms with E-state index in [1.165, 1.54) is 6.07 Å². The van der Waals surface area contributed by atoms with Crippen molar-refractivity contribution in [2.45, 2.75) is 20.8 Å². The van der Waals surface area contributed by atoms with E-state index in [0.717, 1.165) is 5.69 Å². The summed E-state index contributed by atoms with van der Waals surface area (Å²) in [7, 11) is 1.77. The molecule has 0 aliphatic rings. The lowest BCUT2D eigenvalue weighted by molar-refractivity contribution is 0.102. The summed E-state index contributed by atoms with van der Waals surface area (Å²) in [5, 5.41) is 6.78. The number of anilines is 1. The van der Waals surface area contributed by atoms with Crippen molar-refractivity contribution in [3.05, 3.63) is 44.9 Å². The van der Waals surface area contributed by atoms with Crippen molar-refractivity contribution < 1.29 is 9.18 Å². The summed E-state index contributed by atoms with van der Waals surface area (Å²) in [5.41, 5.74) is 2.47. The van der Waals surface area contributed by atoms with Crippen LogP contribution in [0.5, 0.6) is 0 Å². The highest BCUT2D eigenvalue weighted by Gasteiger charge is 2.19. The first kappa shape index (κ1) is 14.7. The molecule has 0 saturated heterocycles. The molecule has 20 heavy (non-hydrogen) atoms. The van der Waals surface area contributed by atoms with Gasteiger partial charge in [-0.15, -0.1) is 0 Å². The average Bonchev–Trinajstić information content (AvgIpc) is 2.64. The molecule has 0 aliphatic carbocycles. The minimum absolute atomic E-state index is 0.165. The number of nitrogens with zero attached hydrogens (tertiary/aromatic N) is 2. The molecule has 4 nitrogen and oxygen atoms in total. The third kappa shape index (κ3) is 2.47. The summed E-state index contributed by atoms with van der Waals surface area (Å²) in [4.78, 5) is 12.3. The van der Waals surface area contributed by atoms with Gasteiger partial charge in [-0.25, -0.2) is 4.39 Å². The van der Waals surface area contributed by atoms with Gasteiger partial charge in [-0.3, -0.25) is 9.48 Å². The summed E-state index contributed by atoms with van der Waals surface area (Å²) in [6.07, 6.45) is 0. The second kappa shape index (κ2) is 5.36. The van der Waals surface area contributed by atoms with E-state index in [9.17, 15) is 9.18 Å². The number of amides is 1. The lowest BCUT2D eigenvalue weighted by Gasteiger charge is -2.09. The molecule has 0 bridgehead atoms. The lowest BCUT2D eigenvalue weighted by Crippen LogP contribution is -2.15. The molecule has 1 N–H and O–H groups in total. The number of aryl methyl sites for hydroxylation is 2. The van der Waals surface area contributed by atoms with Crippen LogP contribution in [0.2, 0.25) is 0 Å². The fourth-order valence-electron chi connectivity index (χ4n) is 2.05. The molecule has 0 saturated carbocycles. The smallest absolute Gasteiger partial charge is 0.259 e. The van der Waals surface area contributed by atoms with E-state index in [0.29, 0.717) is 21.3 Å². The lowest BCUT2D eigenvalue weighted by atomic mass is 10.1. The molecule has 2 aromatic rings. The van der Waals surface area contributed by atoms with Crippen molar-refractivity contribution in [1.82, 2.24) is 9.78 Å². The second-order valence-corrected chi connectivity index (χ2v) is 5.51. The largest absolute Gasteiger partial charge is 0.319 e. The first-order chi connectivity index (χ1) is 9.32. The van der Waals surface area contributed by atoms with Gasteiger partial charge in [-0.1, -0.05) is 15.9 Å². The Morgan fingerprint density at radius 2 is 2.00 bits per heavy atom. The van der Waals surface area contributed by atoms with Crippen LogP contribution in [0.4, 0.5) is 10.1 Å². The van der Waals surface area contributed by atoms with Crippen LogP contribution in [0.25, 0.3) is 0 Å². The van der Waals surface area contributed by atoms with Crippen molar-refractivity contribution in [2.75, 3.05) is 5.32 Å². The standard InChI is InChI=1S/C14H15BrFN3O/c1-7-10(15)5-6-11(13(7)16)17-14(20)12-8(2)18-19(4)9(12)3/h5-6H,1-4H3,(H,17,20). The molecule has 0 spiro atoms. The van der Waals surface area contributed by atoms with Crippen LogP contribution in [0.3, 0.4) is 0 Å². The highest BCUT2D eigenvalue weighted by molar-refractivity contribution is 9.10. The van der Waals surface area contributed by atoms with Crippen molar-refractivity contribution >= 4 is 27.5 Å². The Morgan fingerprint density at radius 1 is 1.35 bits per heavy atom. The Kier molecular flexibility index (Phi) is 3.94. The monoisotopic (exact) mass is 339 g/mol. The molecular weight excluding hydrogens is 325 g/mol. The van der Waals surface area contributed by atoms with Gasteiger partial charge in [0.25, 0.3) is 5.91 Å². The van der Waals surface area contributed by atoms with Gasteiger partial charge in [0.05, 0.1) is 16.9 Å². The Labute approximate surface area is 125 Å². The molecular formula is C14H15BrFN3O. The molecule has 0 aliphatic heterocycles. The van der Waals surface area contributed by atoms with Gasteiger partial charge in [0.15, 0.2) is 5.82 Å². The Hall–Kier alpha value is -1.69. The molecule has 0 radical (unpaired) electrons. The van der Waals surface area contributed by atoms with Crippen molar-refractivity contribution in [3.63, 3.8) is 0 Å². The fraction of sp³-hybridized carbons (Fsp3) is 0.286. The predicted molar refractivity (Wildman–Crippen MR) is 79.5 cm³/mol. The van der Waals surface area contributed by atoms with Crippen LogP contribution in [-0.4, -0.2) is 15.7 Å². The SMILES string of the molecule is Cc1nn(C)c(C)c1C(=O)Nc1ccc(Br)c(C)c1F. The highest BCUT2D eigenvalue weighted by atomic mass is 79.9. The molecule has 2 rings (SSSR count). The number of hydrogen-bond acceptors (Lipinski definition) is 2. The number of halogens is 2. The van der Waals surface area contributed by atoms with E-state index in [2.05, 4.69) is 26.3 Å². The van der Waals surface area contributed by atoms with E-state index in [1.54, 1.807) is 38.6 Å². The minimum Gasteiger partial charge on any atom is -0.319 e. The summed E-state index contributed by atoms with van der Waals surface area (Å²) in [6.45, 7) is 5.21. The van der Waals surface area contributed by atoms with Crippen LogP contribution in [0, 0.1) is 26.6 Å². The summed E-state index contributed by atoms with van der Waals surface area (Å²) in [6, 6.07) is 3.24. The Morgan fingerprint density at radius 3 is 2.55 bits per heavy atom. The molecule has 1 amide bonds. The normalized spacial score (nSPS) is 10.7. The maximum Gasteiger partial charge on any atom is 0.259 e. The molecule has 0 atom stereocenters. The van der Waals surface area contributed by atoms with E-state index in [1.807, 2.05) is 0 Å². The van der Waals surface area contributed by atoms with Gasteiger partial charge >= 0.3 is 0 Å². The number of nitrogens with one attached hydrogen (secondary N) is 1. The van der Waals surface area contributed by atoms with Gasteiger partial charge in [0, 0.05) is 22.8 Å². The number of rotatable bonds is 2. The van der Waals surface area contributed by atoms with Gasteiger partial charge in [-0.2, -0.15) is 5.10 Å². The maximum atomic E-state index is 14.1. The number of hydrogen-bond donors (Lipinski definition) is 1. The van der Waals surface area contributed by atoms with Crippen LogP contribution in [0.1, 0.15) is 27.3 Å². The zero-order valence-corrected chi connectivity index (χ0v) is 13.3.